The van der Waals surface area contributed by atoms with Gasteiger partial charge in [-0.2, -0.15) is 0 Å². The highest BCUT2D eigenvalue weighted by atomic mass is 16.5. The van der Waals surface area contributed by atoms with Gasteiger partial charge in [-0.15, -0.1) is 0 Å². The van der Waals surface area contributed by atoms with Crippen molar-refractivity contribution in [3.8, 4) is 11.4 Å². The lowest BCUT2D eigenvalue weighted by atomic mass is 10.2. The lowest BCUT2D eigenvalue weighted by Crippen LogP contribution is -2.14. The monoisotopic (exact) mass is 254 g/mol. The Labute approximate surface area is 110 Å². The van der Waals surface area contributed by atoms with E-state index in [-0.39, 0.29) is 5.69 Å². The summed E-state index contributed by atoms with van der Waals surface area (Å²) < 4.78 is 6.79. The molecule has 96 valence electrons. The van der Waals surface area contributed by atoms with Crippen LogP contribution in [0.25, 0.3) is 16.7 Å². The maximum absolute atomic E-state index is 12.1. The molecule has 0 saturated carbocycles. The fourth-order valence-electron chi connectivity index (χ4n) is 2.21. The van der Waals surface area contributed by atoms with Crippen LogP contribution < -0.4 is 10.4 Å². The van der Waals surface area contributed by atoms with Crippen molar-refractivity contribution in [3.05, 3.63) is 58.5 Å². The third-order valence-corrected chi connectivity index (χ3v) is 3.17. The van der Waals surface area contributed by atoms with E-state index in [0.717, 1.165) is 28.0 Å². The molecule has 0 amide bonds. The van der Waals surface area contributed by atoms with E-state index in [2.05, 4.69) is 4.98 Å². The van der Waals surface area contributed by atoms with Gasteiger partial charge in [-0.05, 0) is 48.9 Å². The summed E-state index contributed by atoms with van der Waals surface area (Å²) in [4.78, 5) is 15.0. The molecule has 0 radical (unpaired) electrons. The molecule has 0 unspecified atom stereocenters. The molecule has 0 spiro atoms. The first-order valence-corrected chi connectivity index (χ1v) is 6.05. The highest BCUT2D eigenvalue weighted by molar-refractivity contribution is 5.78. The van der Waals surface area contributed by atoms with Gasteiger partial charge in [0, 0.05) is 0 Å². The van der Waals surface area contributed by atoms with Gasteiger partial charge in [-0.25, -0.2) is 4.79 Å². The average Bonchev–Trinajstić information content (AvgIpc) is 2.74. The average molecular weight is 254 g/mol. The first kappa shape index (κ1) is 11.6. The maximum Gasteiger partial charge on any atom is 0.331 e. The number of nitrogens with one attached hydrogen (secondary N) is 1. The molecule has 0 atom stereocenters. The van der Waals surface area contributed by atoms with Crippen molar-refractivity contribution in [1.29, 1.82) is 0 Å². The smallest absolute Gasteiger partial charge is 0.331 e. The highest BCUT2D eigenvalue weighted by Gasteiger charge is 2.08. The molecule has 1 heterocycles. The van der Waals surface area contributed by atoms with Crippen molar-refractivity contribution in [2.75, 3.05) is 7.11 Å². The second kappa shape index (κ2) is 4.31. The maximum atomic E-state index is 12.1. The standard InChI is InChI=1S/C15H14N2O2/c1-10-3-8-14-13(9-10)16-15(18)17(14)11-4-6-12(19-2)7-5-11/h3-9H,1-2H3,(H,16,18). The Hall–Kier alpha value is -2.49. The number of nitrogens with zero attached hydrogens (tertiary/aromatic N) is 1. The summed E-state index contributed by atoms with van der Waals surface area (Å²) >= 11 is 0. The lowest BCUT2D eigenvalue weighted by Gasteiger charge is -2.05. The van der Waals surface area contributed by atoms with Crippen LogP contribution in [0.3, 0.4) is 0 Å². The fourth-order valence-corrected chi connectivity index (χ4v) is 2.21. The van der Waals surface area contributed by atoms with Gasteiger partial charge in [0.25, 0.3) is 0 Å². The summed E-state index contributed by atoms with van der Waals surface area (Å²) in [6.07, 6.45) is 0. The van der Waals surface area contributed by atoms with Crippen LogP contribution in [0.4, 0.5) is 0 Å². The summed E-state index contributed by atoms with van der Waals surface area (Å²) in [7, 11) is 1.62. The van der Waals surface area contributed by atoms with Crippen LogP contribution in [0.5, 0.6) is 5.75 Å². The van der Waals surface area contributed by atoms with Crippen molar-refractivity contribution in [2.45, 2.75) is 6.92 Å². The fraction of sp³-hybridized carbons (Fsp3) is 0.133. The molecular formula is C15H14N2O2. The third-order valence-electron chi connectivity index (χ3n) is 3.17. The number of imidazole rings is 1. The van der Waals surface area contributed by atoms with Gasteiger partial charge in [-0.3, -0.25) is 4.57 Å². The van der Waals surface area contributed by atoms with Gasteiger partial charge >= 0.3 is 5.69 Å². The minimum absolute atomic E-state index is 0.134. The second-order valence-electron chi connectivity index (χ2n) is 4.48. The van der Waals surface area contributed by atoms with Crippen molar-refractivity contribution >= 4 is 11.0 Å². The molecule has 0 saturated heterocycles. The summed E-state index contributed by atoms with van der Waals surface area (Å²) in [5.41, 5.74) is 3.53. The molecule has 0 aliphatic heterocycles. The molecule has 2 aromatic carbocycles. The van der Waals surface area contributed by atoms with Crippen molar-refractivity contribution in [1.82, 2.24) is 9.55 Å². The second-order valence-corrected chi connectivity index (χ2v) is 4.48. The molecule has 0 aliphatic carbocycles. The molecule has 0 aliphatic rings. The molecule has 3 rings (SSSR count). The van der Waals surface area contributed by atoms with Gasteiger partial charge in [0.05, 0.1) is 23.8 Å². The third kappa shape index (κ3) is 1.91. The van der Waals surface area contributed by atoms with Crippen molar-refractivity contribution in [3.63, 3.8) is 0 Å². The summed E-state index contributed by atoms with van der Waals surface area (Å²) in [6.45, 7) is 2.00. The Balaban J connectivity index is 2.23. The van der Waals surface area contributed by atoms with E-state index >= 15 is 0 Å². The SMILES string of the molecule is COc1ccc(-n2c(=O)[nH]c3cc(C)ccc32)cc1. The quantitative estimate of drug-likeness (QED) is 0.764. The van der Waals surface area contributed by atoms with E-state index in [1.54, 1.807) is 11.7 Å². The van der Waals surface area contributed by atoms with Gasteiger partial charge in [0.2, 0.25) is 0 Å². The summed E-state index contributed by atoms with van der Waals surface area (Å²) in [5.74, 6) is 0.771. The molecule has 1 N–H and O–H groups in total. The first-order valence-electron chi connectivity index (χ1n) is 6.05. The number of H-pyrrole nitrogens is 1. The summed E-state index contributed by atoms with van der Waals surface area (Å²) in [5, 5.41) is 0. The van der Waals surface area contributed by atoms with Crippen LogP contribution in [0.2, 0.25) is 0 Å². The lowest BCUT2D eigenvalue weighted by molar-refractivity contribution is 0.414. The number of fused-ring (bicyclic) bond motifs is 1. The predicted molar refractivity (Wildman–Crippen MR) is 75.2 cm³/mol. The largest absolute Gasteiger partial charge is 0.497 e. The normalized spacial score (nSPS) is 10.8. The van der Waals surface area contributed by atoms with Crippen molar-refractivity contribution in [2.24, 2.45) is 0 Å². The molecule has 0 fully saturated rings. The Morgan fingerprint density at radius 3 is 2.53 bits per heavy atom. The number of aryl methyl sites for hydroxylation is 1. The van der Waals surface area contributed by atoms with Crippen LogP contribution in [-0.2, 0) is 0 Å². The number of ether oxygens (including phenoxy) is 1. The van der Waals surface area contributed by atoms with E-state index in [1.807, 2.05) is 49.4 Å². The zero-order valence-corrected chi connectivity index (χ0v) is 10.8. The number of aromatic amines is 1. The topological polar surface area (TPSA) is 47.0 Å². The number of rotatable bonds is 2. The minimum atomic E-state index is -0.134. The van der Waals surface area contributed by atoms with E-state index in [9.17, 15) is 4.79 Å². The molecule has 4 nitrogen and oxygen atoms in total. The molecule has 19 heavy (non-hydrogen) atoms. The van der Waals surface area contributed by atoms with E-state index in [4.69, 9.17) is 4.74 Å². The summed E-state index contributed by atoms with van der Waals surface area (Å²) in [6, 6.07) is 13.3. The van der Waals surface area contributed by atoms with Gasteiger partial charge < -0.3 is 9.72 Å². The van der Waals surface area contributed by atoms with Gasteiger partial charge in [0.1, 0.15) is 5.75 Å². The number of benzene rings is 2. The number of hydrogen-bond donors (Lipinski definition) is 1. The first-order chi connectivity index (χ1) is 9.19. The van der Waals surface area contributed by atoms with E-state index in [1.165, 1.54) is 0 Å². The van der Waals surface area contributed by atoms with E-state index < -0.39 is 0 Å². The van der Waals surface area contributed by atoms with Gasteiger partial charge in [0.15, 0.2) is 0 Å². The van der Waals surface area contributed by atoms with Crippen molar-refractivity contribution < 1.29 is 4.74 Å². The number of methoxy groups -OCH3 is 1. The Morgan fingerprint density at radius 2 is 1.84 bits per heavy atom. The van der Waals surface area contributed by atoms with Crippen LogP contribution in [-0.4, -0.2) is 16.7 Å². The van der Waals surface area contributed by atoms with Crippen LogP contribution in [0.15, 0.2) is 47.3 Å². The zero-order chi connectivity index (χ0) is 13.4. The molecule has 4 heteroatoms. The van der Waals surface area contributed by atoms with Gasteiger partial charge in [-0.1, -0.05) is 6.07 Å². The Morgan fingerprint density at radius 1 is 1.11 bits per heavy atom. The number of hydrogen-bond acceptors (Lipinski definition) is 2. The van der Waals surface area contributed by atoms with E-state index in [0.29, 0.717) is 0 Å². The van der Waals surface area contributed by atoms with Crippen LogP contribution in [0.1, 0.15) is 5.56 Å². The highest BCUT2D eigenvalue weighted by Crippen LogP contribution is 2.19. The molecule has 0 bridgehead atoms. The molecular weight excluding hydrogens is 240 g/mol. The number of aromatic nitrogens is 2. The Bertz CT molecular complexity index is 782. The minimum Gasteiger partial charge on any atom is -0.497 e. The Kier molecular flexibility index (Phi) is 2.63. The molecule has 1 aromatic heterocycles. The van der Waals surface area contributed by atoms with Crippen LogP contribution >= 0.6 is 0 Å². The zero-order valence-electron chi connectivity index (χ0n) is 10.8. The van der Waals surface area contributed by atoms with Crippen LogP contribution in [0, 0.1) is 6.92 Å². The predicted octanol–water partition coefficient (Wildman–Crippen LogP) is 2.64. The molecule has 3 aromatic rings.